The second-order valence-electron chi connectivity index (χ2n) is 5.54. The Morgan fingerprint density at radius 3 is 2.50 bits per heavy atom. The summed E-state index contributed by atoms with van der Waals surface area (Å²) in [5, 5.41) is 13.7. The van der Waals surface area contributed by atoms with E-state index in [1.807, 2.05) is 12.1 Å². The van der Waals surface area contributed by atoms with Gasteiger partial charge < -0.3 is 9.84 Å². The lowest BCUT2D eigenvalue weighted by molar-refractivity contribution is -0.141. The van der Waals surface area contributed by atoms with E-state index in [1.165, 1.54) is 0 Å². The zero-order chi connectivity index (χ0) is 16.2. The van der Waals surface area contributed by atoms with Crippen LogP contribution < -0.4 is 0 Å². The molecule has 1 aliphatic carbocycles. The molecule has 1 aromatic rings. The summed E-state index contributed by atoms with van der Waals surface area (Å²) in [5.74, 6) is -1.11. The molecule has 1 unspecified atom stereocenters. The van der Waals surface area contributed by atoms with Crippen LogP contribution in [0.25, 0.3) is 10.4 Å². The van der Waals surface area contributed by atoms with Gasteiger partial charge in [-0.3, -0.25) is 4.79 Å². The van der Waals surface area contributed by atoms with E-state index in [4.69, 9.17) is 21.9 Å². The Morgan fingerprint density at radius 1 is 1.45 bits per heavy atom. The molecule has 7 heteroatoms. The molecule has 1 atom stereocenters. The number of hydrogen-bond acceptors (Lipinski definition) is 3. The van der Waals surface area contributed by atoms with E-state index in [2.05, 4.69) is 10.0 Å². The SMILES string of the molecule is COC1CCC(c2ccc(Cl)cc2)(C(N=[N+]=[N-])C(=O)O)CC1. The van der Waals surface area contributed by atoms with E-state index in [0.717, 1.165) is 18.4 Å². The highest BCUT2D eigenvalue weighted by Gasteiger charge is 2.46. The summed E-state index contributed by atoms with van der Waals surface area (Å²) in [7, 11) is 1.65. The predicted molar refractivity (Wildman–Crippen MR) is 83.0 cm³/mol. The number of nitrogens with zero attached hydrogens (tertiary/aromatic N) is 3. The predicted octanol–water partition coefficient (Wildman–Crippen LogP) is 3.93. The van der Waals surface area contributed by atoms with Gasteiger partial charge in [0.15, 0.2) is 0 Å². The summed E-state index contributed by atoms with van der Waals surface area (Å²) in [6.07, 6.45) is 2.74. The second-order valence-corrected chi connectivity index (χ2v) is 5.98. The summed E-state index contributed by atoms with van der Waals surface area (Å²) in [4.78, 5) is 14.4. The topological polar surface area (TPSA) is 95.3 Å². The van der Waals surface area contributed by atoms with E-state index in [1.54, 1.807) is 19.2 Å². The van der Waals surface area contributed by atoms with Crippen molar-refractivity contribution in [3.05, 3.63) is 45.3 Å². The first-order chi connectivity index (χ1) is 10.5. The average Bonchev–Trinajstić information content (AvgIpc) is 2.53. The van der Waals surface area contributed by atoms with Gasteiger partial charge >= 0.3 is 5.97 Å². The van der Waals surface area contributed by atoms with Crippen LogP contribution in [0, 0.1) is 0 Å². The lowest BCUT2D eigenvalue weighted by Crippen LogP contribution is -2.46. The van der Waals surface area contributed by atoms with Gasteiger partial charge in [0.2, 0.25) is 0 Å². The normalized spacial score (nSPS) is 26.0. The van der Waals surface area contributed by atoms with Gasteiger partial charge in [0, 0.05) is 22.5 Å². The van der Waals surface area contributed by atoms with Crippen LogP contribution in [0.2, 0.25) is 5.02 Å². The summed E-state index contributed by atoms with van der Waals surface area (Å²) >= 11 is 5.93. The monoisotopic (exact) mass is 323 g/mol. The molecule has 1 saturated carbocycles. The number of hydrogen-bond donors (Lipinski definition) is 1. The largest absolute Gasteiger partial charge is 0.481 e. The minimum atomic E-state index is -1.14. The second kappa shape index (κ2) is 7.01. The third-order valence-electron chi connectivity index (χ3n) is 4.50. The fraction of sp³-hybridized carbons (Fsp3) is 0.533. The Kier molecular flexibility index (Phi) is 5.29. The number of methoxy groups -OCH3 is 1. The third kappa shape index (κ3) is 3.19. The molecular formula is C15H18ClN3O3. The highest BCUT2D eigenvalue weighted by Crippen LogP contribution is 2.44. The number of carboxylic acids is 1. The van der Waals surface area contributed by atoms with Gasteiger partial charge in [-0.15, -0.1) is 0 Å². The Morgan fingerprint density at radius 2 is 2.05 bits per heavy atom. The first kappa shape index (κ1) is 16.6. The fourth-order valence-electron chi connectivity index (χ4n) is 3.29. The van der Waals surface area contributed by atoms with E-state index >= 15 is 0 Å². The van der Waals surface area contributed by atoms with Gasteiger partial charge in [-0.2, -0.15) is 0 Å². The van der Waals surface area contributed by atoms with Gasteiger partial charge in [-0.25, -0.2) is 0 Å². The van der Waals surface area contributed by atoms with Crippen LogP contribution in [-0.2, 0) is 14.9 Å². The zero-order valence-electron chi connectivity index (χ0n) is 12.3. The van der Waals surface area contributed by atoms with Gasteiger partial charge in [0.05, 0.1) is 6.10 Å². The van der Waals surface area contributed by atoms with Crippen LogP contribution in [0.5, 0.6) is 0 Å². The number of halogens is 1. The number of carboxylic acid groups (broad SMARTS) is 1. The van der Waals surface area contributed by atoms with E-state index in [0.29, 0.717) is 17.9 Å². The molecule has 0 aliphatic heterocycles. The van der Waals surface area contributed by atoms with E-state index in [9.17, 15) is 9.90 Å². The van der Waals surface area contributed by atoms with Crippen molar-refractivity contribution >= 4 is 17.6 Å². The molecule has 0 heterocycles. The van der Waals surface area contributed by atoms with Crippen LogP contribution in [-0.4, -0.2) is 30.3 Å². The van der Waals surface area contributed by atoms with Crippen LogP contribution >= 0.6 is 11.6 Å². The number of carbonyl (C=O) groups is 1. The maximum atomic E-state index is 11.7. The van der Waals surface area contributed by atoms with Crippen molar-refractivity contribution in [3.8, 4) is 0 Å². The maximum Gasteiger partial charge on any atom is 0.313 e. The van der Waals surface area contributed by atoms with Gasteiger partial charge in [0.1, 0.15) is 6.04 Å². The molecule has 0 amide bonds. The first-order valence-corrected chi connectivity index (χ1v) is 7.47. The quantitative estimate of drug-likeness (QED) is 0.505. The highest BCUT2D eigenvalue weighted by atomic mass is 35.5. The fourth-order valence-corrected chi connectivity index (χ4v) is 3.42. The molecule has 1 fully saturated rings. The Bertz CT molecular complexity index is 574. The Hall–Kier alpha value is -1.75. The van der Waals surface area contributed by atoms with Crippen molar-refractivity contribution < 1.29 is 14.6 Å². The highest BCUT2D eigenvalue weighted by molar-refractivity contribution is 6.30. The standard InChI is InChI=1S/C15H18ClN3O3/c1-22-12-6-8-15(9-7-12,13(14(20)21)18-19-17)10-2-4-11(16)5-3-10/h2-5,12-13H,6-9H2,1H3,(H,20,21). The lowest BCUT2D eigenvalue weighted by Gasteiger charge is -2.42. The molecular weight excluding hydrogens is 306 g/mol. The van der Waals surface area contributed by atoms with Gasteiger partial charge in [-0.05, 0) is 48.9 Å². The molecule has 118 valence electrons. The summed E-state index contributed by atoms with van der Waals surface area (Å²) < 4.78 is 5.37. The van der Waals surface area contributed by atoms with Crippen LogP contribution in [0.3, 0.4) is 0 Å². The van der Waals surface area contributed by atoms with Crippen LogP contribution in [0.4, 0.5) is 0 Å². The Balaban J connectivity index is 2.46. The number of azide groups is 1. The van der Waals surface area contributed by atoms with Gasteiger partial charge in [-0.1, -0.05) is 28.8 Å². The summed E-state index contributed by atoms with van der Waals surface area (Å²) in [5.41, 5.74) is 8.88. The van der Waals surface area contributed by atoms with E-state index in [-0.39, 0.29) is 6.10 Å². The molecule has 1 aromatic carbocycles. The number of aliphatic carboxylic acids is 1. The summed E-state index contributed by atoms with van der Waals surface area (Å²) in [6.45, 7) is 0. The molecule has 0 spiro atoms. The minimum absolute atomic E-state index is 0.112. The minimum Gasteiger partial charge on any atom is -0.481 e. The van der Waals surface area contributed by atoms with E-state index < -0.39 is 17.4 Å². The smallest absolute Gasteiger partial charge is 0.313 e. The molecule has 22 heavy (non-hydrogen) atoms. The molecule has 0 bridgehead atoms. The van der Waals surface area contributed by atoms with Crippen molar-refractivity contribution in [1.29, 1.82) is 0 Å². The van der Waals surface area contributed by atoms with Crippen LogP contribution in [0.15, 0.2) is 29.4 Å². The van der Waals surface area contributed by atoms with Crippen LogP contribution in [0.1, 0.15) is 31.2 Å². The van der Waals surface area contributed by atoms with Crippen molar-refractivity contribution in [2.24, 2.45) is 5.11 Å². The maximum absolute atomic E-state index is 11.7. The molecule has 2 rings (SSSR count). The third-order valence-corrected chi connectivity index (χ3v) is 4.75. The number of benzene rings is 1. The molecule has 0 aromatic heterocycles. The molecule has 1 aliphatic rings. The number of rotatable bonds is 5. The average molecular weight is 324 g/mol. The molecule has 6 nitrogen and oxygen atoms in total. The Labute approximate surface area is 133 Å². The number of ether oxygens (including phenoxy) is 1. The van der Waals surface area contributed by atoms with Crippen molar-refractivity contribution in [3.63, 3.8) is 0 Å². The van der Waals surface area contributed by atoms with Crippen molar-refractivity contribution in [2.45, 2.75) is 43.2 Å². The lowest BCUT2D eigenvalue weighted by atomic mass is 9.64. The first-order valence-electron chi connectivity index (χ1n) is 7.09. The van der Waals surface area contributed by atoms with Crippen molar-refractivity contribution in [2.75, 3.05) is 7.11 Å². The van der Waals surface area contributed by atoms with Gasteiger partial charge in [0.25, 0.3) is 0 Å². The molecule has 1 N–H and O–H groups in total. The molecule has 0 radical (unpaired) electrons. The molecule has 0 saturated heterocycles. The summed E-state index contributed by atoms with van der Waals surface area (Å²) in [6, 6.07) is 5.96. The zero-order valence-corrected chi connectivity index (χ0v) is 13.0. The van der Waals surface area contributed by atoms with Crippen molar-refractivity contribution in [1.82, 2.24) is 0 Å².